The number of nitrogens with zero attached hydrogens (tertiary/aromatic N) is 1. The molecule has 8 heteroatoms. The molecule has 2 aromatic rings. The molecular weight excluding hydrogens is 388 g/mol. The second-order valence-corrected chi connectivity index (χ2v) is 8.45. The third-order valence-electron chi connectivity index (χ3n) is 4.30. The van der Waals surface area contributed by atoms with Crippen LogP contribution in [0.2, 0.25) is 5.02 Å². The Bertz CT molecular complexity index is 925. The Morgan fingerprint density at radius 3 is 2.11 bits per heavy atom. The van der Waals surface area contributed by atoms with E-state index in [-0.39, 0.29) is 23.3 Å². The Morgan fingerprint density at radius 1 is 0.926 bits per heavy atom. The summed E-state index contributed by atoms with van der Waals surface area (Å²) in [7, 11) is -3.68. The van der Waals surface area contributed by atoms with Crippen molar-refractivity contribution in [3.8, 4) is 0 Å². The lowest BCUT2D eigenvalue weighted by atomic mass is 10.1. The highest BCUT2D eigenvalue weighted by Crippen LogP contribution is 2.23. The van der Waals surface area contributed by atoms with Gasteiger partial charge in [-0.25, -0.2) is 13.1 Å². The Labute approximate surface area is 163 Å². The molecule has 0 radical (unpaired) electrons. The third kappa shape index (κ3) is 4.74. The van der Waals surface area contributed by atoms with E-state index < -0.39 is 10.0 Å². The van der Waals surface area contributed by atoms with Gasteiger partial charge in [-0.05, 0) is 54.8 Å². The van der Waals surface area contributed by atoms with Gasteiger partial charge in [-0.15, -0.1) is 0 Å². The van der Waals surface area contributed by atoms with Crippen LogP contribution in [0.3, 0.4) is 0 Å². The molecule has 1 saturated heterocycles. The molecule has 6 nitrogen and oxygen atoms in total. The number of carbonyl (C=O) groups excluding carboxylic acids is 2. The summed E-state index contributed by atoms with van der Waals surface area (Å²) in [6, 6.07) is 13.0. The van der Waals surface area contributed by atoms with Gasteiger partial charge in [0.2, 0.25) is 21.8 Å². The highest BCUT2D eigenvalue weighted by molar-refractivity contribution is 7.89. The first-order chi connectivity index (χ1) is 12.9. The zero-order chi connectivity index (χ0) is 19.4. The van der Waals surface area contributed by atoms with E-state index in [9.17, 15) is 18.0 Å². The largest absolute Gasteiger partial charge is 0.274 e. The fourth-order valence-electron chi connectivity index (χ4n) is 2.88. The lowest BCUT2D eigenvalue weighted by Gasteiger charge is -2.24. The average molecular weight is 407 g/mol. The van der Waals surface area contributed by atoms with Crippen molar-refractivity contribution in [3.05, 3.63) is 59.1 Å². The molecule has 27 heavy (non-hydrogen) atoms. The Balaban J connectivity index is 1.65. The molecule has 0 aromatic heterocycles. The molecule has 0 atom stereocenters. The maximum Gasteiger partial charge on any atom is 0.240 e. The first kappa shape index (κ1) is 19.5. The molecule has 3 rings (SSSR count). The Kier molecular flexibility index (Phi) is 5.94. The molecule has 1 heterocycles. The molecule has 0 saturated carbocycles. The summed E-state index contributed by atoms with van der Waals surface area (Å²) in [4.78, 5) is 25.1. The highest BCUT2D eigenvalue weighted by Gasteiger charge is 2.27. The van der Waals surface area contributed by atoms with Gasteiger partial charge in [0.05, 0.1) is 10.6 Å². The van der Waals surface area contributed by atoms with E-state index in [0.717, 1.165) is 10.5 Å². The van der Waals surface area contributed by atoms with Crippen molar-refractivity contribution in [1.82, 2.24) is 4.72 Å². The number of rotatable bonds is 6. The molecule has 2 amide bonds. The number of anilines is 1. The number of benzene rings is 2. The minimum absolute atomic E-state index is 0.0827. The SMILES string of the molecule is O=C1CCCC(=O)N1c1ccc(S(=O)(=O)NCCc2ccc(Cl)cc2)cc1. The number of imide groups is 1. The monoisotopic (exact) mass is 406 g/mol. The van der Waals surface area contributed by atoms with Crippen LogP contribution < -0.4 is 9.62 Å². The van der Waals surface area contributed by atoms with Crippen LogP contribution in [0.5, 0.6) is 0 Å². The van der Waals surface area contributed by atoms with Crippen molar-refractivity contribution in [2.24, 2.45) is 0 Å². The van der Waals surface area contributed by atoms with Crippen LogP contribution >= 0.6 is 11.6 Å². The number of sulfonamides is 1. The summed E-state index contributed by atoms with van der Waals surface area (Å²) in [5.74, 6) is -0.522. The summed E-state index contributed by atoms with van der Waals surface area (Å²) in [5.41, 5.74) is 1.37. The predicted molar refractivity (Wildman–Crippen MR) is 103 cm³/mol. The number of hydrogen-bond acceptors (Lipinski definition) is 4. The molecule has 0 spiro atoms. The second-order valence-electron chi connectivity index (χ2n) is 6.24. The van der Waals surface area contributed by atoms with Gasteiger partial charge in [0.25, 0.3) is 0 Å². The van der Waals surface area contributed by atoms with E-state index >= 15 is 0 Å². The van der Waals surface area contributed by atoms with Gasteiger partial charge < -0.3 is 0 Å². The lowest BCUT2D eigenvalue weighted by Crippen LogP contribution is -2.40. The number of piperidine rings is 1. The summed E-state index contributed by atoms with van der Waals surface area (Å²) in [5, 5.41) is 0.630. The predicted octanol–water partition coefficient (Wildman–Crippen LogP) is 2.90. The molecule has 2 aromatic carbocycles. The summed E-state index contributed by atoms with van der Waals surface area (Å²) in [6.07, 6.45) is 1.72. The van der Waals surface area contributed by atoms with E-state index in [0.29, 0.717) is 36.4 Å². The zero-order valence-electron chi connectivity index (χ0n) is 14.5. The topological polar surface area (TPSA) is 83.6 Å². The highest BCUT2D eigenvalue weighted by atomic mass is 35.5. The second kappa shape index (κ2) is 8.21. The van der Waals surface area contributed by atoms with Gasteiger partial charge in [0.1, 0.15) is 0 Å². The van der Waals surface area contributed by atoms with Gasteiger partial charge in [0, 0.05) is 24.4 Å². The standard InChI is InChI=1S/C19H19ClN2O4S/c20-15-6-4-14(5-7-15)12-13-21-27(25,26)17-10-8-16(9-11-17)22-18(23)2-1-3-19(22)24/h4-11,21H,1-3,12-13H2. The fraction of sp³-hybridized carbons (Fsp3) is 0.263. The van der Waals surface area contributed by atoms with Gasteiger partial charge in [-0.2, -0.15) is 0 Å². The van der Waals surface area contributed by atoms with E-state index in [2.05, 4.69) is 4.72 Å². The maximum atomic E-state index is 12.4. The summed E-state index contributed by atoms with van der Waals surface area (Å²) in [6.45, 7) is 0.245. The molecule has 1 fully saturated rings. The molecule has 1 N–H and O–H groups in total. The minimum Gasteiger partial charge on any atom is -0.274 e. The van der Waals surface area contributed by atoms with Gasteiger partial charge in [-0.3, -0.25) is 14.5 Å². The van der Waals surface area contributed by atoms with Crippen LogP contribution in [0, 0.1) is 0 Å². The fourth-order valence-corrected chi connectivity index (χ4v) is 4.04. The van der Waals surface area contributed by atoms with Crippen LogP contribution in [0.4, 0.5) is 5.69 Å². The molecular formula is C19H19ClN2O4S. The number of amides is 2. The van der Waals surface area contributed by atoms with Crippen LogP contribution in [-0.4, -0.2) is 26.8 Å². The van der Waals surface area contributed by atoms with E-state index in [1.807, 2.05) is 12.1 Å². The van der Waals surface area contributed by atoms with Crippen molar-refractivity contribution in [2.75, 3.05) is 11.4 Å². The van der Waals surface area contributed by atoms with Crippen molar-refractivity contribution in [2.45, 2.75) is 30.6 Å². The van der Waals surface area contributed by atoms with E-state index in [4.69, 9.17) is 11.6 Å². The number of carbonyl (C=O) groups is 2. The Morgan fingerprint density at radius 2 is 1.52 bits per heavy atom. The average Bonchev–Trinajstić information content (AvgIpc) is 2.64. The zero-order valence-corrected chi connectivity index (χ0v) is 16.1. The van der Waals surface area contributed by atoms with Gasteiger partial charge in [-0.1, -0.05) is 23.7 Å². The number of halogens is 1. The van der Waals surface area contributed by atoms with Gasteiger partial charge >= 0.3 is 0 Å². The molecule has 142 valence electrons. The van der Waals surface area contributed by atoms with Crippen molar-refractivity contribution in [1.29, 1.82) is 0 Å². The van der Waals surface area contributed by atoms with Crippen molar-refractivity contribution >= 4 is 39.1 Å². The van der Waals surface area contributed by atoms with Crippen molar-refractivity contribution < 1.29 is 18.0 Å². The molecule has 1 aliphatic rings. The molecule has 1 aliphatic heterocycles. The first-order valence-electron chi connectivity index (χ1n) is 8.57. The first-order valence-corrected chi connectivity index (χ1v) is 10.4. The third-order valence-corrected chi connectivity index (χ3v) is 6.03. The Hall–Kier alpha value is -2.22. The maximum absolute atomic E-state index is 12.4. The van der Waals surface area contributed by atoms with E-state index in [1.54, 1.807) is 12.1 Å². The number of nitrogens with one attached hydrogen (secondary N) is 1. The molecule has 0 unspecified atom stereocenters. The van der Waals surface area contributed by atoms with Crippen LogP contribution in [-0.2, 0) is 26.0 Å². The number of hydrogen-bond donors (Lipinski definition) is 1. The summed E-state index contributed by atoms with van der Waals surface area (Å²) < 4.78 is 27.4. The van der Waals surface area contributed by atoms with Crippen LogP contribution in [0.1, 0.15) is 24.8 Å². The quantitative estimate of drug-likeness (QED) is 0.747. The lowest BCUT2D eigenvalue weighted by molar-refractivity contribution is -0.129. The summed E-state index contributed by atoms with van der Waals surface area (Å²) >= 11 is 5.83. The smallest absolute Gasteiger partial charge is 0.240 e. The van der Waals surface area contributed by atoms with Crippen LogP contribution in [0.25, 0.3) is 0 Å². The minimum atomic E-state index is -3.68. The molecule has 0 bridgehead atoms. The molecule has 0 aliphatic carbocycles. The van der Waals surface area contributed by atoms with Crippen molar-refractivity contribution in [3.63, 3.8) is 0 Å². The van der Waals surface area contributed by atoms with E-state index in [1.165, 1.54) is 24.3 Å². The van der Waals surface area contributed by atoms with Crippen LogP contribution in [0.15, 0.2) is 53.4 Å². The van der Waals surface area contributed by atoms with Gasteiger partial charge in [0.15, 0.2) is 0 Å². The normalized spacial score (nSPS) is 15.2.